The van der Waals surface area contributed by atoms with Crippen molar-refractivity contribution in [2.75, 3.05) is 37.4 Å². The first-order valence-corrected chi connectivity index (χ1v) is 7.94. The molecule has 0 spiro atoms. The van der Waals surface area contributed by atoms with Gasteiger partial charge in [-0.1, -0.05) is 0 Å². The molecule has 1 unspecified atom stereocenters. The number of hydrogen-bond donors (Lipinski definition) is 2. The van der Waals surface area contributed by atoms with E-state index in [1.165, 1.54) is 0 Å². The van der Waals surface area contributed by atoms with Gasteiger partial charge in [0.1, 0.15) is 9.90 Å². The van der Waals surface area contributed by atoms with Crippen LogP contribution in [0.1, 0.15) is 6.42 Å². The summed E-state index contributed by atoms with van der Waals surface area (Å²) < 4.78 is 27.1. The van der Waals surface area contributed by atoms with Gasteiger partial charge in [-0.15, -0.1) is 0 Å². The number of likely N-dealkylation sites (N-methyl/N-ethyl adjacent to an activating group) is 1. The summed E-state index contributed by atoms with van der Waals surface area (Å²) in [7, 11) is -1.29. The van der Waals surface area contributed by atoms with Crippen molar-refractivity contribution < 1.29 is 8.42 Å². The molecule has 1 aliphatic rings. The summed E-state index contributed by atoms with van der Waals surface area (Å²) in [5, 5.41) is 3.78. The molecule has 0 bridgehead atoms. The molecule has 1 fully saturated rings. The Bertz CT molecular complexity index is 511. The zero-order valence-electron chi connectivity index (χ0n) is 9.80. The molecule has 3 N–H and O–H groups in total. The topological polar surface area (TPSA) is 88.3 Å². The van der Waals surface area contributed by atoms with E-state index >= 15 is 0 Å². The van der Waals surface area contributed by atoms with E-state index in [0.717, 1.165) is 37.3 Å². The fourth-order valence-electron chi connectivity index (χ4n) is 1.98. The molecule has 0 aliphatic carbocycles. The first-order valence-electron chi connectivity index (χ1n) is 5.28. The second-order valence-electron chi connectivity index (χ2n) is 4.39. The van der Waals surface area contributed by atoms with Crippen LogP contribution in [0.15, 0.2) is 4.90 Å². The van der Waals surface area contributed by atoms with Crippen LogP contribution < -0.4 is 11.1 Å². The van der Waals surface area contributed by atoms with Crippen molar-refractivity contribution in [1.29, 1.82) is 0 Å². The van der Waals surface area contributed by atoms with E-state index in [2.05, 4.69) is 14.6 Å². The van der Waals surface area contributed by atoms with Gasteiger partial charge in [0.15, 0.2) is 15.7 Å². The third kappa shape index (κ3) is 2.70. The maximum absolute atomic E-state index is 11.6. The monoisotopic (exact) mass is 276 g/mol. The highest BCUT2D eigenvalue weighted by Gasteiger charge is 2.25. The number of anilines is 2. The van der Waals surface area contributed by atoms with Gasteiger partial charge in [0.2, 0.25) is 0 Å². The molecule has 8 heteroatoms. The molecule has 1 aromatic rings. The van der Waals surface area contributed by atoms with Gasteiger partial charge in [-0.25, -0.2) is 8.42 Å². The van der Waals surface area contributed by atoms with Gasteiger partial charge in [-0.2, -0.15) is 4.37 Å². The normalized spacial score (nSPS) is 21.9. The van der Waals surface area contributed by atoms with Crippen molar-refractivity contribution in [1.82, 2.24) is 9.27 Å². The van der Waals surface area contributed by atoms with E-state index in [4.69, 9.17) is 5.73 Å². The SMILES string of the molecule is CN1CCC(Nc2snc(N)c2S(C)(=O)=O)C1. The second kappa shape index (κ2) is 4.43. The highest BCUT2D eigenvalue weighted by atomic mass is 32.2. The molecule has 1 saturated heterocycles. The van der Waals surface area contributed by atoms with Crippen LogP contribution in [0.3, 0.4) is 0 Å². The summed E-state index contributed by atoms with van der Waals surface area (Å²) in [5.41, 5.74) is 5.60. The zero-order chi connectivity index (χ0) is 12.6. The van der Waals surface area contributed by atoms with E-state index in [1.807, 2.05) is 7.05 Å². The average molecular weight is 276 g/mol. The van der Waals surface area contributed by atoms with Crippen LogP contribution in [0.25, 0.3) is 0 Å². The Balaban J connectivity index is 2.22. The van der Waals surface area contributed by atoms with Crippen LogP contribution in [-0.2, 0) is 9.84 Å². The number of nitrogen functional groups attached to an aromatic ring is 1. The lowest BCUT2D eigenvalue weighted by Crippen LogP contribution is -2.23. The van der Waals surface area contributed by atoms with Gasteiger partial charge in [-0.3, -0.25) is 0 Å². The molecule has 1 atom stereocenters. The molecule has 0 aromatic carbocycles. The summed E-state index contributed by atoms with van der Waals surface area (Å²) in [6, 6.07) is 0.264. The summed E-state index contributed by atoms with van der Waals surface area (Å²) in [6.45, 7) is 1.92. The van der Waals surface area contributed by atoms with Crippen LogP contribution in [0.4, 0.5) is 10.8 Å². The molecule has 96 valence electrons. The number of sulfone groups is 1. The zero-order valence-corrected chi connectivity index (χ0v) is 11.4. The Morgan fingerprint density at radius 1 is 1.59 bits per heavy atom. The van der Waals surface area contributed by atoms with Crippen molar-refractivity contribution in [3.63, 3.8) is 0 Å². The van der Waals surface area contributed by atoms with Gasteiger partial charge in [0.25, 0.3) is 0 Å². The number of hydrogen-bond acceptors (Lipinski definition) is 7. The van der Waals surface area contributed by atoms with Crippen molar-refractivity contribution in [2.45, 2.75) is 17.4 Å². The summed E-state index contributed by atoms with van der Waals surface area (Å²) in [6.07, 6.45) is 2.15. The lowest BCUT2D eigenvalue weighted by atomic mass is 10.3. The minimum absolute atomic E-state index is 0.0892. The predicted molar refractivity (Wildman–Crippen MR) is 69.2 cm³/mol. The Kier molecular flexibility index (Phi) is 3.28. The largest absolute Gasteiger partial charge is 0.382 e. The number of likely N-dealkylation sites (tertiary alicyclic amines) is 1. The van der Waals surface area contributed by atoms with E-state index in [1.54, 1.807) is 0 Å². The maximum Gasteiger partial charge on any atom is 0.182 e. The molecule has 1 aliphatic heterocycles. The number of nitrogens with zero attached hydrogens (tertiary/aromatic N) is 2. The average Bonchev–Trinajstić information content (AvgIpc) is 2.73. The maximum atomic E-state index is 11.6. The van der Waals surface area contributed by atoms with Crippen LogP contribution in [0.2, 0.25) is 0 Å². The highest BCUT2D eigenvalue weighted by molar-refractivity contribution is 7.91. The van der Waals surface area contributed by atoms with Gasteiger partial charge < -0.3 is 16.0 Å². The van der Waals surface area contributed by atoms with Crippen LogP contribution >= 0.6 is 11.5 Å². The van der Waals surface area contributed by atoms with E-state index in [9.17, 15) is 8.42 Å². The van der Waals surface area contributed by atoms with Gasteiger partial charge in [-0.05, 0) is 31.5 Å². The number of aromatic nitrogens is 1. The standard InChI is InChI=1S/C9H16N4O2S2/c1-13-4-3-6(5-13)11-9-7(17(2,14)15)8(10)12-16-9/h6,11H,3-5H2,1-2H3,(H2,10,12). The van der Waals surface area contributed by atoms with Crippen molar-refractivity contribution >= 4 is 32.2 Å². The van der Waals surface area contributed by atoms with Crippen molar-refractivity contribution in [3.05, 3.63) is 0 Å². The Hall–Kier alpha value is -0.860. The third-order valence-electron chi connectivity index (χ3n) is 2.77. The smallest absolute Gasteiger partial charge is 0.182 e. The quantitative estimate of drug-likeness (QED) is 0.822. The van der Waals surface area contributed by atoms with E-state index < -0.39 is 9.84 Å². The fourth-order valence-corrected chi connectivity index (χ4v) is 4.12. The lowest BCUT2D eigenvalue weighted by Gasteiger charge is -2.13. The molecule has 2 heterocycles. The van der Waals surface area contributed by atoms with Gasteiger partial charge in [0.05, 0.1) is 0 Å². The first kappa shape index (κ1) is 12.6. The van der Waals surface area contributed by atoms with Crippen LogP contribution in [0.5, 0.6) is 0 Å². The van der Waals surface area contributed by atoms with Gasteiger partial charge in [0, 0.05) is 18.8 Å². The summed E-state index contributed by atoms with van der Waals surface area (Å²) >= 11 is 1.11. The molecule has 0 saturated carbocycles. The number of nitrogens with two attached hydrogens (primary N) is 1. The Morgan fingerprint density at radius 2 is 2.29 bits per heavy atom. The summed E-state index contributed by atoms with van der Waals surface area (Å²) in [5.74, 6) is 0.0892. The first-order chi connectivity index (χ1) is 7.88. The molecule has 0 amide bonds. The molecule has 6 nitrogen and oxygen atoms in total. The fraction of sp³-hybridized carbons (Fsp3) is 0.667. The molecule has 17 heavy (non-hydrogen) atoms. The van der Waals surface area contributed by atoms with E-state index in [0.29, 0.717) is 5.00 Å². The Labute approximate surface area is 105 Å². The third-order valence-corrected chi connectivity index (χ3v) is 4.85. The lowest BCUT2D eigenvalue weighted by molar-refractivity contribution is 0.414. The highest BCUT2D eigenvalue weighted by Crippen LogP contribution is 2.32. The molecule has 0 radical (unpaired) electrons. The second-order valence-corrected chi connectivity index (χ2v) is 7.12. The molecule has 2 rings (SSSR count). The van der Waals surface area contributed by atoms with Crippen LogP contribution in [-0.4, -0.2) is 50.1 Å². The molecular weight excluding hydrogens is 260 g/mol. The van der Waals surface area contributed by atoms with E-state index in [-0.39, 0.29) is 16.8 Å². The summed E-state index contributed by atoms with van der Waals surface area (Å²) in [4.78, 5) is 2.33. The number of nitrogens with one attached hydrogen (secondary N) is 1. The number of rotatable bonds is 3. The minimum Gasteiger partial charge on any atom is -0.382 e. The van der Waals surface area contributed by atoms with Crippen molar-refractivity contribution in [3.8, 4) is 0 Å². The minimum atomic E-state index is -3.33. The van der Waals surface area contributed by atoms with Gasteiger partial charge >= 0.3 is 0 Å². The Morgan fingerprint density at radius 3 is 2.82 bits per heavy atom. The molecule has 1 aromatic heterocycles. The van der Waals surface area contributed by atoms with Crippen molar-refractivity contribution in [2.24, 2.45) is 0 Å². The molecular formula is C9H16N4O2S2. The predicted octanol–water partition coefficient (Wildman–Crippen LogP) is 0.245. The van der Waals surface area contributed by atoms with Crippen LogP contribution in [0, 0.1) is 0 Å².